The number of ether oxygens (including phenoxy) is 1. The second-order valence-corrected chi connectivity index (χ2v) is 10.1. The highest BCUT2D eigenvalue weighted by molar-refractivity contribution is 7.98. The molecule has 34 heavy (non-hydrogen) atoms. The number of fused-ring (bicyclic) bond motifs is 1. The summed E-state index contributed by atoms with van der Waals surface area (Å²) < 4.78 is 5.35. The Morgan fingerprint density at radius 2 is 1.59 bits per heavy atom. The minimum atomic E-state index is -0.829. The summed E-state index contributed by atoms with van der Waals surface area (Å²) in [7, 11) is 0. The second kappa shape index (κ2) is 10.9. The van der Waals surface area contributed by atoms with Crippen molar-refractivity contribution in [1.29, 1.82) is 0 Å². The fraction of sp³-hybridized carbons (Fsp3) is 0.385. The Hall–Kier alpha value is -3.13. The van der Waals surface area contributed by atoms with Gasteiger partial charge in [-0.2, -0.15) is 11.8 Å². The molecule has 0 spiro atoms. The normalized spacial score (nSPS) is 14.1. The second-order valence-electron chi connectivity index (χ2n) is 9.11. The van der Waals surface area contributed by atoms with Gasteiger partial charge in [0, 0.05) is 5.56 Å². The molecule has 0 fully saturated rings. The number of nitrogens with one attached hydrogen (secondary N) is 1. The Morgan fingerprint density at radius 3 is 2.12 bits per heavy atom. The third-order valence-electron chi connectivity index (χ3n) is 5.65. The van der Waals surface area contributed by atoms with Gasteiger partial charge in [0.05, 0.1) is 17.7 Å². The molecule has 7 nitrogen and oxygen atoms in total. The molecule has 1 atom stereocenters. The predicted molar refractivity (Wildman–Crippen MR) is 132 cm³/mol. The van der Waals surface area contributed by atoms with Crippen LogP contribution < -0.4 is 5.32 Å². The number of nitrogens with zero attached hydrogens (tertiary/aromatic N) is 1. The maximum atomic E-state index is 12.8. The van der Waals surface area contributed by atoms with Crippen LogP contribution in [-0.2, 0) is 14.9 Å². The number of benzene rings is 2. The van der Waals surface area contributed by atoms with Crippen LogP contribution in [0.3, 0.4) is 0 Å². The zero-order valence-corrected chi connectivity index (χ0v) is 20.7. The summed E-state index contributed by atoms with van der Waals surface area (Å²) in [5.41, 5.74) is 2.23. The third-order valence-corrected chi connectivity index (χ3v) is 6.29. The van der Waals surface area contributed by atoms with Crippen molar-refractivity contribution in [3.63, 3.8) is 0 Å². The Balaban J connectivity index is 1.58. The maximum absolute atomic E-state index is 12.8. The molecule has 1 N–H and O–H groups in total. The number of hydrogen-bond donors (Lipinski definition) is 1. The number of hydrogen-bond acceptors (Lipinski definition) is 6. The van der Waals surface area contributed by atoms with Crippen molar-refractivity contribution >= 4 is 35.5 Å². The average molecular weight is 483 g/mol. The van der Waals surface area contributed by atoms with E-state index in [1.807, 2.05) is 18.4 Å². The Labute approximate surface area is 204 Å². The molecule has 1 aliphatic heterocycles. The number of esters is 1. The third kappa shape index (κ3) is 5.86. The Bertz CT molecular complexity index is 1040. The molecule has 1 aliphatic rings. The van der Waals surface area contributed by atoms with Gasteiger partial charge in [0.2, 0.25) is 0 Å². The smallest absolute Gasteiger partial charge is 0.328 e. The lowest BCUT2D eigenvalue weighted by Crippen LogP contribution is -2.43. The summed E-state index contributed by atoms with van der Waals surface area (Å²) in [4.78, 5) is 51.5. The molecule has 1 heterocycles. The summed E-state index contributed by atoms with van der Waals surface area (Å²) in [6.45, 7) is 6.10. The summed E-state index contributed by atoms with van der Waals surface area (Å²) in [5.74, 6) is -1.10. The molecular formula is C26H30N2O5S. The lowest BCUT2D eigenvalue weighted by molar-refractivity contribution is -0.146. The van der Waals surface area contributed by atoms with E-state index in [0.717, 1.165) is 10.5 Å². The van der Waals surface area contributed by atoms with Crippen molar-refractivity contribution in [2.75, 3.05) is 25.2 Å². The molecule has 8 heteroatoms. The zero-order valence-electron chi connectivity index (χ0n) is 19.9. The summed E-state index contributed by atoms with van der Waals surface area (Å²) >= 11 is 1.56. The quantitative estimate of drug-likeness (QED) is 0.433. The lowest BCUT2D eigenvalue weighted by atomic mass is 9.86. The fourth-order valence-corrected chi connectivity index (χ4v) is 4.10. The van der Waals surface area contributed by atoms with E-state index in [0.29, 0.717) is 28.9 Å². The first-order chi connectivity index (χ1) is 16.1. The maximum Gasteiger partial charge on any atom is 0.328 e. The molecule has 1 unspecified atom stereocenters. The SMILES string of the molecule is CSCCC(NC(=O)c1ccc(C(C)(C)C)cc1)C(=O)OCCN1C(=O)c2ccccc2C1=O. The van der Waals surface area contributed by atoms with Gasteiger partial charge in [-0.05, 0) is 53.7 Å². The van der Waals surface area contributed by atoms with Crippen LogP contribution in [-0.4, -0.2) is 59.8 Å². The van der Waals surface area contributed by atoms with Gasteiger partial charge in [-0.3, -0.25) is 19.3 Å². The Morgan fingerprint density at radius 1 is 1.00 bits per heavy atom. The molecule has 0 aromatic heterocycles. The summed E-state index contributed by atoms with van der Waals surface area (Å²) in [5, 5.41) is 2.76. The predicted octanol–water partition coefficient (Wildman–Crippen LogP) is 3.68. The van der Waals surface area contributed by atoms with E-state index in [1.54, 1.807) is 48.2 Å². The van der Waals surface area contributed by atoms with Gasteiger partial charge in [-0.1, -0.05) is 45.0 Å². The number of imide groups is 1. The number of carbonyl (C=O) groups excluding carboxylic acids is 4. The lowest BCUT2D eigenvalue weighted by Gasteiger charge is -2.20. The van der Waals surface area contributed by atoms with Crippen molar-refractivity contribution in [1.82, 2.24) is 10.2 Å². The van der Waals surface area contributed by atoms with Gasteiger partial charge in [0.1, 0.15) is 12.6 Å². The van der Waals surface area contributed by atoms with Crippen LogP contribution in [0.15, 0.2) is 48.5 Å². The standard InChI is InChI=1S/C26H30N2O5S/c1-26(2,3)18-11-9-17(10-12-18)22(29)27-21(13-16-34-4)25(32)33-15-14-28-23(30)19-7-5-6-8-20(19)24(28)31/h5-12,21H,13-16H2,1-4H3,(H,27,29). The van der Waals surface area contributed by atoms with Crippen molar-refractivity contribution in [2.45, 2.75) is 38.6 Å². The van der Waals surface area contributed by atoms with Gasteiger partial charge < -0.3 is 10.1 Å². The number of carbonyl (C=O) groups is 4. The van der Waals surface area contributed by atoms with Crippen LogP contribution in [0, 0.1) is 0 Å². The van der Waals surface area contributed by atoms with Crippen LogP contribution in [0.5, 0.6) is 0 Å². The average Bonchev–Trinajstić information content (AvgIpc) is 3.06. The molecule has 0 aliphatic carbocycles. The topological polar surface area (TPSA) is 92.8 Å². The highest BCUT2D eigenvalue weighted by atomic mass is 32.2. The highest BCUT2D eigenvalue weighted by Crippen LogP contribution is 2.23. The molecule has 180 valence electrons. The van der Waals surface area contributed by atoms with Crippen LogP contribution in [0.1, 0.15) is 63.8 Å². The molecule has 2 aromatic rings. The summed E-state index contributed by atoms with van der Waals surface area (Å²) in [6, 6.07) is 13.1. The largest absolute Gasteiger partial charge is 0.462 e. The van der Waals surface area contributed by atoms with E-state index in [-0.39, 0.29) is 24.5 Å². The van der Waals surface area contributed by atoms with Crippen molar-refractivity contribution in [2.24, 2.45) is 0 Å². The molecular weight excluding hydrogens is 452 g/mol. The molecule has 0 bridgehead atoms. The minimum Gasteiger partial charge on any atom is -0.462 e. The molecule has 3 rings (SSSR count). The molecule has 0 saturated heterocycles. The van der Waals surface area contributed by atoms with Crippen molar-refractivity contribution in [3.8, 4) is 0 Å². The van der Waals surface area contributed by atoms with Gasteiger partial charge in [-0.25, -0.2) is 4.79 Å². The first-order valence-electron chi connectivity index (χ1n) is 11.2. The molecule has 2 aromatic carbocycles. The fourth-order valence-electron chi connectivity index (χ4n) is 3.63. The Kier molecular flexibility index (Phi) is 8.15. The summed E-state index contributed by atoms with van der Waals surface area (Å²) in [6.07, 6.45) is 2.32. The van der Waals surface area contributed by atoms with Gasteiger partial charge in [0.25, 0.3) is 17.7 Å². The monoisotopic (exact) mass is 482 g/mol. The minimum absolute atomic E-state index is 0.0286. The first-order valence-corrected chi connectivity index (χ1v) is 12.5. The van der Waals surface area contributed by atoms with E-state index >= 15 is 0 Å². The van der Waals surface area contributed by atoms with Crippen molar-refractivity contribution in [3.05, 3.63) is 70.8 Å². The van der Waals surface area contributed by atoms with Crippen LogP contribution >= 0.6 is 11.8 Å². The van der Waals surface area contributed by atoms with E-state index in [4.69, 9.17) is 4.74 Å². The van der Waals surface area contributed by atoms with E-state index in [1.165, 1.54) is 0 Å². The molecule has 3 amide bonds. The molecule has 0 saturated carbocycles. The van der Waals surface area contributed by atoms with Gasteiger partial charge >= 0.3 is 5.97 Å². The number of rotatable bonds is 9. The van der Waals surface area contributed by atoms with Crippen LogP contribution in [0.25, 0.3) is 0 Å². The molecule has 0 radical (unpaired) electrons. The van der Waals surface area contributed by atoms with E-state index in [9.17, 15) is 19.2 Å². The zero-order chi connectivity index (χ0) is 24.9. The first kappa shape index (κ1) is 25.5. The van der Waals surface area contributed by atoms with E-state index < -0.39 is 23.8 Å². The van der Waals surface area contributed by atoms with Crippen LogP contribution in [0.2, 0.25) is 0 Å². The van der Waals surface area contributed by atoms with Crippen LogP contribution in [0.4, 0.5) is 0 Å². The van der Waals surface area contributed by atoms with E-state index in [2.05, 4.69) is 26.1 Å². The highest BCUT2D eigenvalue weighted by Gasteiger charge is 2.35. The van der Waals surface area contributed by atoms with Gasteiger partial charge in [-0.15, -0.1) is 0 Å². The number of thioether (sulfide) groups is 1. The van der Waals surface area contributed by atoms with Gasteiger partial charge in [0.15, 0.2) is 0 Å². The van der Waals surface area contributed by atoms with Crippen molar-refractivity contribution < 1.29 is 23.9 Å². The number of amides is 3.